The summed E-state index contributed by atoms with van der Waals surface area (Å²) in [6, 6.07) is 7.93. The van der Waals surface area contributed by atoms with Crippen LogP contribution in [0, 0.1) is 13.8 Å². The molecule has 0 aliphatic heterocycles. The van der Waals surface area contributed by atoms with Gasteiger partial charge in [-0.25, -0.2) is 5.43 Å². The Labute approximate surface area is 111 Å². The first-order valence-corrected chi connectivity index (χ1v) is 5.85. The average Bonchev–Trinajstić information content (AvgIpc) is 2.68. The molecule has 1 amide bonds. The molecule has 0 spiro atoms. The molecule has 2 aromatic rings. The molecule has 0 aliphatic rings. The van der Waals surface area contributed by atoms with Crippen LogP contribution < -0.4 is 5.43 Å². The largest absolute Gasteiger partial charge is 0.508 e. The maximum absolute atomic E-state index is 11.7. The number of benzene rings is 1. The van der Waals surface area contributed by atoms with Gasteiger partial charge in [-0.2, -0.15) is 5.10 Å². The van der Waals surface area contributed by atoms with Gasteiger partial charge in [-0.05, 0) is 44.2 Å². The van der Waals surface area contributed by atoms with E-state index in [1.165, 1.54) is 24.3 Å². The van der Waals surface area contributed by atoms with Crippen LogP contribution in [0.5, 0.6) is 5.75 Å². The van der Waals surface area contributed by atoms with E-state index in [9.17, 15) is 4.79 Å². The normalized spacial score (nSPS) is 10.8. The molecule has 5 heteroatoms. The highest BCUT2D eigenvalue weighted by molar-refractivity contribution is 5.95. The topological polar surface area (TPSA) is 77.5 Å². The number of nitrogens with zero attached hydrogens (tertiary/aromatic N) is 1. The van der Waals surface area contributed by atoms with E-state index in [0.717, 1.165) is 17.0 Å². The van der Waals surface area contributed by atoms with Crippen LogP contribution >= 0.6 is 0 Å². The van der Waals surface area contributed by atoms with Crippen LogP contribution in [0.1, 0.15) is 27.3 Å². The molecule has 0 saturated heterocycles. The lowest BCUT2D eigenvalue weighted by Crippen LogP contribution is -2.17. The Morgan fingerprint density at radius 1 is 1.32 bits per heavy atom. The maximum Gasteiger partial charge on any atom is 0.271 e. The third-order valence-corrected chi connectivity index (χ3v) is 2.69. The van der Waals surface area contributed by atoms with Gasteiger partial charge in [0, 0.05) is 22.5 Å². The molecule has 1 heterocycles. The minimum atomic E-state index is -0.318. The minimum absolute atomic E-state index is 0.124. The molecule has 19 heavy (non-hydrogen) atoms. The quantitative estimate of drug-likeness (QED) is 0.581. The molecule has 0 aliphatic carbocycles. The molecule has 1 aromatic carbocycles. The maximum atomic E-state index is 11.7. The number of hydrazone groups is 1. The van der Waals surface area contributed by atoms with Gasteiger partial charge in [0.15, 0.2) is 0 Å². The number of nitrogens with one attached hydrogen (secondary N) is 2. The number of amides is 1. The predicted octanol–water partition coefficient (Wildman–Crippen LogP) is 2.10. The third-order valence-electron chi connectivity index (χ3n) is 2.69. The predicted molar refractivity (Wildman–Crippen MR) is 73.4 cm³/mol. The summed E-state index contributed by atoms with van der Waals surface area (Å²) in [4.78, 5) is 14.9. The molecular formula is C14H15N3O2. The van der Waals surface area contributed by atoms with Crippen LogP contribution in [0.4, 0.5) is 0 Å². The van der Waals surface area contributed by atoms with E-state index in [4.69, 9.17) is 5.11 Å². The smallest absolute Gasteiger partial charge is 0.271 e. The number of aromatic amines is 1. The number of rotatable bonds is 3. The van der Waals surface area contributed by atoms with Crippen molar-refractivity contribution in [2.45, 2.75) is 13.8 Å². The van der Waals surface area contributed by atoms with Gasteiger partial charge >= 0.3 is 0 Å². The minimum Gasteiger partial charge on any atom is -0.508 e. The number of phenols is 1. The number of aryl methyl sites for hydroxylation is 2. The van der Waals surface area contributed by atoms with Crippen molar-refractivity contribution < 1.29 is 9.90 Å². The number of hydrogen-bond acceptors (Lipinski definition) is 3. The summed E-state index contributed by atoms with van der Waals surface area (Å²) < 4.78 is 0. The Morgan fingerprint density at radius 3 is 2.58 bits per heavy atom. The van der Waals surface area contributed by atoms with Crippen molar-refractivity contribution in [3.8, 4) is 5.75 Å². The Bertz CT molecular complexity index is 612. The zero-order chi connectivity index (χ0) is 13.8. The molecule has 0 unspecified atom stereocenters. The molecule has 5 nitrogen and oxygen atoms in total. The molecule has 0 saturated carbocycles. The molecule has 0 bridgehead atoms. The molecule has 2 rings (SSSR count). The lowest BCUT2D eigenvalue weighted by Gasteiger charge is -1.99. The molecule has 1 aromatic heterocycles. The van der Waals surface area contributed by atoms with E-state index in [2.05, 4.69) is 15.5 Å². The van der Waals surface area contributed by atoms with Crippen LogP contribution in [0.3, 0.4) is 0 Å². The van der Waals surface area contributed by atoms with E-state index in [1.54, 1.807) is 6.21 Å². The summed E-state index contributed by atoms with van der Waals surface area (Å²) in [7, 11) is 0. The van der Waals surface area contributed by atoms with Crippen molar-refractivity contribution in [3.63, 3.8) is 0 Å². The van der Waals surface area contributed by atoms with Crippen LogP contribution in [-0.2, 0) is 0 Å². The number of H-pyrrole nitrogens is 1. The fourth-order valence-electron chi connectivity index (χ4n) is 1.72. The highest BCUT2D eigenvalue weighted by atomic mass is 16.3. The molecule has 98 valence electrons. The van der Waals surface area contributed by atoms with E-state index >= 15 is 0 Å². The lowest BCUT2D eigenvalue weighted by molar-refractivity contribution is 0.0955. The summed E-state index contributed by atoms with van der Waals surface area (Å²) in [6.07, 6.45) is 1.59. The zero-order valence-electron chi connectivity index (χ0n) is 10.8. The Hall–Kier alpha value is -2.56. The molecule has 0 fully saturated rings. The Morgan fingerprint density at radius 2 is 2.00 bits per heavy atom. The number of aromatic hydroxyl groups is 1. The first-order chi connectivity index (χ1) is 9.06. The summed E-state index contributed by atoms with van der Waals surface area (Å²) in [5.74, 6) is -0.195. The second-order valence-electron chi connectivity index (χ2n) is 4.28. The standard InChI is InChI=1S/C14H15N3O2/c1-9-7-12(10(2)16-9)8-15-17-14(19)11-3-5-13(18)6-4-11/h3-8,16,18H,1-2H3,(H,17,19)/b15-8+. The second kappa shape index (κ2) is 5.39. The molecule has 3 N–H and O–H groups in total. The van der Waals surface area contributed by atoms with Gasteiger partial charge in [0.1, 0.15) is 5.75 Å². The number of phenolic OH excluding ortho intramolecular Hbond substituents is 1. The highest BCUT2D eigenvalue weighted by Crippen LogP contribution is 2.09. The number of carbonyl (C=O) groups is 1. The first-order valence-electron chi connectivity index (χ1n) is 5.85. The van der Waals surface area contributed by atoms with Crippen molar-refractivity contribution >= 4 is 12.1 Å². The Kier molecular flexibility index (Phi) is 3.66. The average molecular weight is 257 g/mol. The summed E-state index contributed by atoms with van der Waals surface area (Å²) in [6.45, 7) is 3.90. The fraction of sp³-hybridized carbons (Fsp3) is 0.143. The van der Waals surface area contributed by atoms with E-state index in [0.29, 0.717) is 5.56 Å². The van der Waals surface area contributed by atoms with Crippen molar-refractivity contribution in [2.24, 2.45) is 5.10 Å². The molecule has 0 radical (unpaired) electrons. The zero-order valence-corrected chi connectivity index (χ0v) is 10.8. The summed E-state index contributed by atoms with van der Waals surface area (Å²) >= 11 is 0. The van der Waals surface area contributed by atoms with E-state index in [1.807, 2.05) is 19.9 Å². The van der Waals surface area contributed by atoms with Crippen LogP contribution in [0.15, 0.2) is 35.4 Å². The molecular weight excluding hydrogens is 242 g/mol. The van der Waals surface area contributed by atoms with Gasteiger partial charge in [-0.1, -0.05) is 0 Å². The third kappa shape index (κ3) is 3.22. The SMILES string of the molecule is Cc1cc(/C=N/NC(=O)c2ccc(O)cc2)c(C)[nH]1. The summed E-state index contributed by atoms with van der Waals surface area (Å²) in [5.41, 5.74) is 5.86. The van der Waals surface area contributed by atoms with Gasteiger partial charge < -0.3 is 10.1 Å². The van der Waals surface area contributed by atoms with Gasteiger partial charge in [-0.3, -0.25) is 4.79 Å². The van der Waals surface area contributed by atoms with Crippen molar-refractivity contribution in [3.05, 3.63) is 52.8 Å². The van der Waals surface area contributed by atoms with Gasteiger partial charge in [0.2, 0.25) is 0 Å². The van der Waals surface area contributed by atoms with Gasteiger partial charge in [0.25, 0.3) is 5.91 Å². The van der Waals surface area contributed by atoms with Gasteiger partial charge in [0.05, 0.1) is 6.21 Å². The number of aromatic nitrogens is 1. The molecule has 0 atom stereocenters. The van der Waals surface area contributed by atoms with E-state index in [-0.39, 0.29) is 11.7 Å². The number of carbonyl (C=O) groups excluding carboxylic acids is 1. The van der Waals surface area contributed by atoms with Crippen LogP contribution in [0.2, 0.25) is 0 Å². The van der Waals surface area contributed by atoms with Crippen LogP contribution in [0.25, 0.3) is 0 Å². The fourth-order valence-corrected chi connectivity index (χ4v) is 1.72. The van der Waals surface area contributed by atoms with Gasteiger partial charge in [-0.15, -0.1) is 0 Å². The lowest BCUT2D eigenvalue weighted by atomic mass is 10.2. The Balaban J connectivity index is 2.00. The second-order valence-corrected chi connectivity index (χ2v) is 4.28. The number of hydrogen-bond donors (Lipinski definition) is 3. The van der Waals surface area contributed by atoms with Crippen molar-refractivity contribution in [1.82, 2.24) is 10.4 Å². The van der Waals surface area contributed by atoms with Crippen molar-refractivity contribution in [1.29, 1.82) is 0 Å². The van der Waals surface area contributed by atoms with Crippen LogP contribution in [-0.4, -0.2) is 22.2 Å². The monoisotopic (exact) mass is 257 g/mol. The first kappa shape index (κ1) is 12.9. The summed E-state index contributed by atoms with van der Waals surface area (Å²) in [5, 5.41) is 13.0. The highest BCUT2D eigenvalue weighted by Gasteiger charge is 2.03. The van der Waals surface area contributed by atoms with Crippen molar-refractivity contribution in [2.75, 3.05) is 0 Å². The van der Waals surface area contributed by atoms with E-state index < -0.39 is 0 Å².